The van der Waals surface area contributed by atoms with Gasteiger partial charge in [0.1, 0.15) is 5.82 Å². The minimum absolute atomic E-state index is 0.0540. The summed E-state index contributed by atoms with van der Waals surface area (Å²) in [7, 11) is 0. The average Bonchev–Trinajstić information content (AvgIpc) is 2.35. The van der Waals surface area contributed by atoms with Gasteiger partial charge in [-0.1, -0.05) is 11.6 Å². The number of carbonyl (C=O) groups excluding carboxylic acids is 1. The summed E-state index contributed by atoms with van der Waals surface area (Å²) in [4.78, 5) is 11.8. The van der Waals surface area contributed by atoms with Crippen LogP contribution >= 0.6 is 23.4 Å². The van der Waals surface area contributed by atoms with Gasteiger partial charge in [-0.2, -0.15) is 11.8 Å². The molecule has 0 aromatic heterocycles. The maximum absolute atomic E-state index is 13.2. The number of hydrogen-bond acceptors (Lipinski definition) is 3. The molecule has 1 amide bonds. The number of carbonyl (C=O) groups is 1. The molecule has 3 nitrogen and oxygen atoms in total. The van der Waals surface area contributed by atoms with E-state index in [4.69, 9.17) is 11.6 Å². The van der Waals surface area contributed by atoms with Crippen LogP contribution in [0.15, 0.2) is 18.2 Å². The van der Waals surface area contributed by atoms with Crippen LogP contribution in [0.25, 0.3) is 0 Å². The quantitative estimate of drug-likeness (QED) is 0.898. The maximum Gasteiger partial charge on any atom is 0.225 e. The first kappa shape index (κ1) is 13.6. The zero-order chi connectivity index (χ0) is 13.0. The van der Waals surface area contributed by atoms with Crippen molar-refractivity contribution >= 4 is 35.0 Å². The second-order valence-electron chi connectivity index (χ2n) is 4.11. The first-order valence-corrected chi connectivity index (χ1v) is 7.24. The zero-order valence-electron chi connectivity index (χ0n) is 9.71. The van der Waals surface area contributed by atoms with Crippen molar-refractivity contribution in [3.63, 3.8) is 0 Å². The van der Waals surface area contributed by atoms with E-state index >= 15 is 0 Å². The molecule has 0 saturated carbocycles. The van der Waals surface area contributed by atoms with Gasteiger partial charge in [-0.05, 0) is 18.2 Å². The van der Waals surface area contributed by atoms with E-state index in [1.807, 2.05) is 11.8 Å². The molecule has 98 valence electrons. The van der Waals surface area contributed by atoms with E-state index in [9.17, 15) is 9.18 Å². The highest BCUT2D eigenvalue weighted by molar-refractivity contribution is 7.99. The van der Waals surface area contributed by atoms with Gasteiger partial charge in [0.25, 0.3) is 0 Å². The van der Waals surface area contributed by atoms with Crippen LogP contribution in [-0.4, -0.2) is 30.0 Å². The molecular formula is C12H14ClFN2OS. The molecule has 1 aromatic carbocycles. The fraction of sp³-hybridized carbons (Fsp3) is 0.417. The first-order valence-electron chi connectivity index (χ1n) is 5.71. The van der Waals surface area contributed by atoms with E-state index in [-0.39, 0.29) is 17.0 Å². The molecule has 1 aliphatic heterocycles. The van der Waals surface area contributed by atoms with Gasteiger partial charge in [0.15, 0.2) is 0 Å². The summed E-state index contributed by atoms with van der Waals surface area (Å²) >= 11 is 7.41. The van der Waals surface area contributed by atoms with Crippen LogP contribution in [-0.2, 0) is 4.79 Å². The monoisotopic (exact) mass is 288 g/mol. The SMILES string of the molecule is O=C(CC1CSCCN1)Nc1ccc(Cl)c(F)c1. The van der Waals surface area contributed by atoms with Gasteiger partial charge >= 0.3 is 0 Å². The van der Waals surface area contributed by atoms with Gasteiger partial charge in [0.05, 0.1) is 5.02 Å². The zero-order valence-corrected chi connectivity index (χ0v) is 11.3. The predicted octanol–water partition coefficient (Wildman–Crippen LogP) is 2.51. The summed E-state index contributed by atoms with van der Waals surface area (Å²) in [5.74, 6) is 1.38. The number of nitrogens with one attached hydrogen (secondary N) is 2. The third kappa shape index (κ3) is 3.86. The normalized spacial score (nSPS) is 19.6. The van der Waals surface area contributed by atoms with Crippen LogP contribution in [0.3, 0.4) is 0 Å². The number of rotatable bonds is 3. The Kier molecular flexibility index (Phi) is 4.86. The van der Waals surface area contributed by atoms with Crippen LogP contribution in [0, 0.1) is 5.82 Å². The van der Waals surface area contributed by atoms with E-state index in [1.54, 1.807) is 6.07 Å². The molecular weight excluding hydrogens is 275 g/mol. The number of hydrogen-bond donors (Lipinski definition) is 2. The molecule has 1 heterocycles. The summed E-state index contributed by atoms with van der Waals surface area (Å²) in [5.41, 5.74) is 0.436. The standard InChI is InChI=1S/C12H14ClFN2OS/c13-10-2-1-8(5-11(10)14)16-12(17)6-9-7-18-4-3-15-9/h1-2,5,9,15H,3-4,6-7H2,(H,16,17). The van der Waals surface area contributed by atoms with Crippen molar-refractivity contribution in [1.29, 1.82) is 0 Å². The van der Waals surface area contributed by atoms with Crippen molar-refractivity contribution in [1.82, 2.24) is 5.32 Å². The predicted molar refractivity (Wildman–Crippen MR) is 73.8 cm³/mol. The lowest BCUT2D eigenvalue weighted by Crippen LogP contribution is -2.39. The fourth-order valence-electron chi connectivity index (χ4n) is 1.76. The molecule has 6 heteroatoms. The van der Waals surface area contributed by atoms with Crippen LogP contribution < -0.4 is 10.6 Å². The van der Waals surface area contributed by atoms with Gasteiger partial charge < -0.3 is 10.6 Å². The highest BCUT2D eigenvalue weighted by Gasteiger charge is 2.16. The number of anilines is 1. The molecule has 1 unspecified atom stereocenters. The number of thioether (sulfide) groups is 1. The second kappa shape index (κ2) is 6.41. The van der Waals surface area contributed by atoms with Crippen molar-refractivity contribution in [3.05, 3.63) is 29.0 Å². The molecule has 1 fully saturated rings. The van der Waals surface area contributed by atoms with Gasteiger partial charge in [-0.15, -0.1) is 0 Å². The summed E-state index contributed by atoms with van der Waals surface area (Å²) in [6.07, 6.45) is 0.400. The Hall–Kier alpha value is -0.780. The van der Waals surface area contributed by atoms with Crippen molar-refractivity contribution in [2.24, 2.45) is 0 Å². The molecule has 1 atom stereocenters. The molecule has 1 aromatic rings. The summed E-state index contributed by atoms with van der Waals surface area (Å²) in [6.45, 7) is 0.929. The Bertz CT molecular complexity index is 438. The summed E-state index contributed by atoms with van der Waals surface area (Å²) in [5, 5.41) is 6.00. The highest BCUT2D eigenvalue weighted by atomic mass is 35.5. The topological polar surface area (TPSA) is 41.1 Å². The average molecular weight is 289 g/mol. The molecule has 0 aliphatic carbocycles. The molecule has 2 N–H and O–H groups in total. The number of amides is 1. The third-order valence-electron chi connectivity index (χ3n) is 2.63. The van der Waals surface area contributed by atoms with E-state index in [0.29, 0.717) is 12.1 Å². The first-order chi connectivity index (χ1) is 8.65. The largest absolute Gasteiger partial charge is 0.326 e. The molecule has 0 radical (unpaired) electrons. The van der Waals surface area contributed by atoms with Crippen molar-refractivity contribution in [3.8, 4) is 0 Å². The lowest BCUT2D eigenvalue weighted by molar-refractivity contribution is -0.116. The lowest BCUT2D eigenvalue weighted by atomic mass is 10.2. The van der Waals surface area contributed by atoms with Crippen LogP contribution in [0.1, 0.15) is 6.42 Å². The van der Waals surface area contributed by atoms with E-state index < -0.39 is 5.82 Å². The molecule has 1 saturated heterocycles. The second-order valence-corrected chi connectivity index (χ2v) is 5.66. The van der Waals surface area contributed by atoms with E-state index in [1.165, 1.54) is 12.1 Å². The molecule has 0 bridgehead atoms. The van der Waals surface area contributed by atoms with E-state index in [0.717, 1.165) is 18.1 Å². The van der Waals surface area contributed by atoms with E-state index in [2.05, 4.69) is 10.6 Å². The Morgan fingerprint density at radius 3 is 3.11 bits per heavy atom. The Labute approximate surface area is 114 Å². The molecule has 18 heavy (non-hydrogen) atoms. The van der Waals surface area contributed by atoms with Gasteiger partial charge in [-0.25, -0.2) is 4.39 Å². The van der Waals surface area contributed by atoms with Crippen LogP contribution in [0.4, 0.5) is 10.1 Å². The van der Waals surface area contributed by atoms with Gasteiger partial charge in [0, 0.05) is 36.2 Å². The summed E-state index contributed by atoms with van der Waals surface area (Å²) < 4.78 is 13.2. The molecule has 2 rings (SSSR count). The number of halogens is 2. The fourth-order valence-corrected chi connectivity index (χ4v) is 2.83. The van der Waals surface area contributed by atoms with Crippen molar-refractivity contribution in [2.45, 2.75) is 12.5 Å². The van der Waals surface area contributed by atoms with Crippen LogP contribution in [0.5, 0.6) is 0 Å². The highest BCUT2D eigenvalue weighted by Crippen LogP contribution is 2.19. The smallest absolute Gasteiger partial charge is 0.225 e. The van der Waals surface area contributed by atoms with Crippen LogP contribution in [0.2, 0.25) is 5.02 Å². The Morgan fingerprint density at radius 2 is 2.44 bits per heavy atom. The molecule has 0 spiro atoms. The molecule has 1 aliphatic rings. The summed E-state index contributed by atoms with van der Waals surface area (Å²) in [6, 6.07) is 4.44. The number of benzene rings is 1. The van der Waals surface area contributed by atoms with Crippen molar-refractivity contribution in [2.75, 3.05) is 23.4 Å². The lowest BCUT2D eigenvalue weighted by Gasteiger charge is -2.22. The minimum atomic E-state index is -0.527. The Morgan fingerprint density at radius 1 is 1.61 bits per heavy atom. The van der Waals surface area contributed by atoms with Crippen molar-refractivity contribution < 1.29 is 9.18 Å². The van der Waals surface area contributed by atoms with Gasteiger partial charge in [-0.3, -0.25) is 4.79 Å². The third-order valence-corrected chi connectivity index (χ3v) is 4.07. The minimum Gasteiger partial charge on any atom is -0.326 e. The Balaban J connectivity index is 1.88. The maximum atomic E-state index is 13.2. The van der Waals surface area contributed by atoms with Gasteiger partial charge in [0.2, 0.25) is 5.91 Å².